The van der Waals surface area contributed by atoms with Crippen molar-refractivity contribution in [1.29, 1.82) is 0 Å². The minimum atomic E-state index is -0.129. The summed E-state index contributed by atoms with van der Waals surface area (Å²) in [7, 11) is 0. The van der Waals surface area contributed by atoms with Gasteiger partial charge in [-0.15, -0.1) is 0 Å². The molecule has 2 aliphatic rings. The van der Waals surface area contributed by atoms with Crippen molar-refractivity contribution in [3.63, 3.8) is 0 Å². The monoisotopic (exact) mass is 358 g/mol. The third-order valence-electron chi connectivity index (χ3n) is 5.11. The Morgan fingerprint density at radius 3 is 2.42 bits per heavy atom. The van der Waals surface area contributed by atoms with Crippen molar-refractivity contribution in [3.8, 4) is 0 Å². The van der Waals surface area contributed by atoms with E-state index in [-0.39, 0.29) is 36.4 Å². The highest BCUT2D eigenvalue weighted by molar-refractivity contribution is 5.97. The van der Waals surface area contributed by atoms with Crippen LogP contribution >= 0.6 is 0 Å². The maximum Gasteiger partial charge on any atom is 0.227 e. The van der Waals surface area contributed by atoms with E-state index in [1.54, 1.807) is 17.0 Å². The molecule has 0 N–H and O–H groups in total. The molecule has 1 atom stereocenters. The second kappa shape index (κ2) is 8.94. The standard InChI is InChI=1S/C20H26N2O4/c23-18(16-5-2-1-3-6-16)8-9-19(24)22-10-4-7-17(15-22)20(25)21-11-13-26-14-12-21/h1-3,5-6,17H,4,7-15H2. The summed E-state index contributed by atoms with van der Waals surface area (Å²) in [5.74, 6) is -0.0487. The molecule has 0 aromatic heterocycles. The number of Topliss-reactive ketones (excluding diaryl/α,β-unsaturated/α-hetero) is 1. The Morgan fingerprint density at radius 1 is 0.962 bits per heavy atom. The molecule has 1 aromatic carbocycles. The van der Waals surface area contributed by atoms with Crippen molar-refractivity contribution >= 4 is 17.6 Å². The van der Waals surface area contributed by atoms with E-state index in [0.29, 0.717) is 45.0 Å². The number of rotatable bonds is 5. The second-order valence-corrected chi connectivity index (χ2v) is 6.91. The predicted molar refractivity (Wildman–Crippen MR) is 96.7 cm³/mol. The van der Waals surface area contributed by atoms with Gasteiger partial charge in [0.1, 0.15) is 0 Å². The van der Waals surface area contributed by atoms with Gasteiger partial charge in [-0.25, -0.2) is 0 Å². The van der Waals surface area contributed by atoms with Crippen molar-refractivity contribution in [2.75, 3.05) is 39.4 Å². The van der Waals surface area contributed by atoms with Gasteiger partial charge in [-0.3, -0.25) is 14.4 Å². The first-order valence-electron chi connectivity index (χ1n) is 9.37. The van der Waals surface area contributed by atoms with Crippen molar-refractivity contribution < 1.29 is 19.1 Å². The predicted octanol–water partition coefficient (Wildman–Crippen LogP) is 1.75. The number of nitrogens with zero attached hydrogens (tertiary/aromatic N) is 2. The van der Waals surface area contributed by atoms with Crippen LogP contribution in [0.15, 0.2) is 30.3 Å². The Hall–Kier alpha value is -2.21. The highest BCUT2D eigenvalue weighted by atomic mass is 16.5. The SMILES string of the molecule is O=C(CCC(=O)N1CCCC(C(=O)N2CCOCC2)C1)c1ccccc1. The molecule has 2 saturated heterocycles. The first-order valence-corrected chi connectivity index (χ1v) is 9.37. The molecule has 2 fully saturated rings. The number of carbonyl (C=O) groups excluding carboxylic acids is 3. The zero-order chi connectivity index (χ0) is 18.4. The summed E-state index contributed by atoms with van der Waals surface area (Å²) in [4.78, 5) is 40.9. The van der Waals surface area contributed by atoms with Gasteiger partial charge in [0, 0.05) is 44.6 Å². The van der Waals surface area contributed by atoms with Gasteiger partial charge < -0.3 is 14.5 Å². The van der Waals surface area contributed by atoms with Crippen LogP contribution in [0.4, 0.5) is 0 Å². The van der Waals surface area contributed by atoms with Gasteiger partial charge in [0.25, 0.3) is 0 Å². The number of amides is 2. The molecule has 0 saturated carbocycles. The number of likely N-dealkylation sites (tertiary alicyclic amines) is 1. The van der Waals surface area contributed by atoms with Crippen LogP contribution in [0.3, 0.4) is 0 Å². The van der Waals surface area contributed by atoms with Gasteiger partial charge in [0.2, 0.25) is 11.8 Å². The highest BCUT2D eigenvalue weighted by Gasteiger charge is 2.31. The zero-order valence-corrected chi connectivity index (χ0v) is 15.1. The van der Waals surface area contributed by atoms with E-state index in [4.69, 9.17) is 4.74 Å². The van der Waals surface area contributed by atoms with Crippen molar-refractivity contribution in [2.45, 2.75) is 25.7 Å². The minimum Gasteiger partial charge on any atom is -0.378 e. The zero-order valence-electron chi connectivity index (χ0n) is 15.1. The number of hydrogen-bond acceptors (Lipinski definition) is 4. The van der Waals surface area contributed by atoms with Crippen LogP contribution in [0.5, 0.6) is 0 Å². The van der Waals surface area contributed by atoms with Crippen LogP contribution in [0.25, 0.3) is 0 Å². The number of hydrogen-bond donors (Lipinski definition) is 0. The first kappa shape index (κ1) is 18.6. The summed E-state index contributed by atoms with van der Waals surface area (Å²) in [6.45, 7) is 3.58. The average Bonchev–Trinajstić information content (AvgIpc) is 2.72. The molecule has 2 heterocycles. The van der Waals surface area contributed by atoms with Crippen molar-refractivity contribution in [3.05, 3.63) is 35.9 Å². The lowest BCUT2D eigenvalue weighted by Crippen LogP contribution is -2.49. The second-order valence-electron chi connectivity index (χ2n) is 6.91. The Bertz CT molecular complexity index is 640. The third-order valence-corrected chi connectivity index (χ3v) is 5.11. The minimum absolute atomic E-state index is 0.0168. The Kier molecular flexibility index (Phi) is 6.39. The number of carbonyl (C=O) groups is 3. The van der Waals surface area contributed by atoms with Crippen LogP contribution < -0.4 is 0 Å². The summed E-state index contributed by atoms with van der Waals surface area (Å²) in [6.07, 6.45) is 2.07. The molecule has 6 heteroatoms. The Labute approximate surface area is 154 Å². The van der Waals surface area contributed by atoms with Crippen LogP contribution in [0.1, 0.15) is 36.0 Å². The normalized spacial score (nSPS) is 20.7. The van der Waals surface area contributed by atoms with Crippen LogP contribution in [-0.2, 0) is 14.3 Å². The van der Waals surface area contributed by atoms with E-state index in [0.717, 1.165) is 12.8 Å². The molecular formula is C20H26N2O4. The summed E-state index contributed by atoms with van der Waals surface area (Å²) in [6, 6.07) is 9.04. The lowest BCUT2D eigenvalue weighted by Gasteiger charge is -2.36. The molecule has 0 bridgehead atoms. The molecule has 26 heavy (non-hydrogen) atoms. The fourth-order valence-electron chi connectivity index (χ4n) is 3.59. The van der Waals surface area contributed by atoms with E-state index < -0.39 is 0 Å². The molecule has 0 radical (unpaired) electrons. The van der Waals surface area contributed by atoms with Gasteiger partial charge in [0.05, 0.1) is 19.1 Å². The van der Waals surface area contributed by atoms with Gasteiger partial charge in [-0.2, -0.15) is 0 Å². The molecule has 1 unspecified atom stereocenters. The molecule has 0 spiro atoms. The van der Waals surface area contributed by atoms with Crippen LogP contribution in [0, 0.1) is 5.92 Å². The molecule has 140 valence electrons. The third kappa shape index (κ3) is 4.69. The molecule has 2 amide bonds. The number of piperidine rings is 1. The van der Waals surface area contributed by atoms with Crippen molar-refractivity contribution in [2.24, 2.45) is 5.92 Å². The number of benzene rings is 1. The maximum atomic E-state index is 12.7. The van der Waals surface area contributed by atoms with Gasteiger partial charge in [-0.1, -0.05) is 30.3 Å². The molecular weight excluding hydrogens is 332 g/mol. The molecule has 3 rings (SSSR count). The summed E-state index contributed by atoms with van der Waals surface area (Å²) in [5.41, 5.74) is 0.638. The van der Waals surface area contributed by atoms with Crippen LogP contribution in [-0.4, -0.2) is 66.8 Å². The van der Waals surface area contributed by atoms with E-state index in [9.17, 15) is 14.4 Å². The largest absolute Gasteiger partial charge is 0.378 e. The quantitative estimate of drug-likeness (QED) is 0.752. The van der Waals surface area contributed by atoms with Gasteiger partial charge in [-0.05, 0) is 12.8 Å². The van der Waals surface area contributed by atoms with E-state index in [1.807, 2.05) is 23.1 Å². The molecule has 1 aromatic rings. The van der Waals surface area contributed by atoms with Crippen LogP contribution in [0.2, 0.25) is 0 Å². The smallest absolute Gasteiger partial charge is 0.227 e. The average molecular weight is 358 g/mol. The summed E-state index contributed by atoms with van der Waals surface area (Å²) < 4.78 is 5.30. The fraction of sp³-hybridized carbons (Fsp3) is 0.550. The van der Waals surface area contributed by atoms with E-state index in [1.165, 1.54) is 0 Å². The first-order chi connectivity index (χ1) is 12.6. The Balaban J connectivity index is 1.49. The molecule has 0 aliphatic carbocycles. The van der Waals surface area contributed by atoms with E-state index in [2.05, 4.69) is 0 Å². The van der Waals surface area contributed by atoms with Gasteiger partial charge in [0.15, 0.2) is 5.78 Å². The summed E-state index contributed by atoms with van der Waals surface area (Å²) in [5, 5.41) is 0. The van der Waals surface area contributed by atoms with E-state index >= 15 is 0 Å². The topological polar surface area (TPSA) is 66.9 Å². The highest BCUT2D eigenvalue weighted by Crippen LogP contribution is 2.20. The lowest BCUT2D eigenvalue weighted by molar-refractivity contribution is -0.144. The molecule has 6 nitrogen and oxygen atoms in total. The van der Waals surface area contributed by atoms with Gasteiger partial charge >= 0.3 is 0 Å². The van der Waals surface area contributed by atoms with Crippen molar-refractivity contribution in [1.82, 2.24) is 9.80 Å². The number of morpholine rings is 1. The Morgan fingerprint density at radius 2 is 1.69 bits per heavy atom. The number of ketones is 1. The lowest BCUT2D eigenvalue weighted by atomic mass is 9.95. The molecule has 2 aliphatic heterocycles. The fourth-order valence-corrected chi connectivity index (χ4v) is 3.59. The maximum absolute atomic E-state index is 12.7. The summed E-state index contributed by atoms with van der Waals surface area (Å²) >= 11 is 0. The number of ether oxygens (including phenoxy) is 1.